The number of rotatable bonds is 4. The van der Waals surface area contributed by atoms with Gasteiger partial charge in [0.15, 0.2) is 0 Å². The first kappa shape index (κ1) is 18.9. The van der Waals surface area contributed by atoms with Crippen LogP contribution in [0.2, 0.25) is 0 Å². The van der Waals surface area contributed by atoms with Gasteiger partial charge < -0.3 is 10.1 Å². The molecule has 7 nitrogen and oxygen atoms in total. The maximum Gasteiger partial charge on any atom is 0.337 e. The van der Waals surface area contributed by atoms with Gasteiger partial charge in [0.1, 0.15) is 0 Å². The monoisotopic (exact) mass is 353 g/mol. The molecular weight excluding hydrogens is 334 g/mol. The lowest BCUT2D eigenvalue weighted by atomic mass is 10.1. The Balaban J connectivity index is 1.91. The van der Waals surface area contributed by atoms with Gasteiger partial charge in [-0.2, -0.15) is 5.10 Å². The zero-order chi connectivity index (χ0) is 19.1. The lowest BCUT2D eigenvalue weighted by molar-refractivity contribution is -0.136. The van der Waals surface area contributed by atoms with E-state index in [1.807, 2.05) is 19.9 Å². The van der Waals surface area contributed by atoms with E-state index in [-0.39, 0.29) is 0 Å². The first-order chi connectivity index (χ1) is 12.4. The van der Waals surface area contributed by atoms with Gasteiger partial charge in [0.05, 0.1) is 18.9 Å². The number of hydrogen-bond acceptors (Lipinski definition) is 5. The highest BCUT2D eigenvalue weighted by atomic mass is 16.5. The standard InChI is InChI=1S/C19H19N3O4/c1-12-8-13(2)10-16(9-12)21-17(23)18(24)22-20-11-14-4-6-15(7-5-14)19(25)26-3/h4-11H,1-3H3,(H,21,23)(H,22,24)/b20-11+. The quantitative estimate of drug-likeness (QED) is 0.381. The van der Waals surface area contributed by atoms with E-state index < -0.39 is 17.8 Å². The third-order valence-corrected chi connectivity index (χ3v) is 3.40. The Hall–Kier alpha value is -3.48. The van der Waals surface area contributed by atoms with Gasteiger partial charge in [0, 0.05) is 5.69 Å². The van der Waals surface area contributed by atoms with Crippen molar-refractivity contribution in [3.05, 3.63) is 64.7 Å². The van der Waals surface area contributed by atoms with E-state index in [0.717, 1.165) is 11.1 Å². The van der Waals surface area contributed by atoms with Crippen molar-refractivity contribution >= 4 is 29.7 Å². The number of carbonyl (C=O) groups excluding carboxylic acids is 3. The second-order valence-electron chi connectivity index (χ2n) is 5.64. The van der Waals surface area contributed by atoms with Crippen LogP contribution in [0.25, 0.3) is 0 Å². The molecule has 0 saturated heterocycles. The van der Waals surface area contributed by atoms with E-state index >= 15 is 0 Å². The van der Waals surface area contributed by atoms with Crippen LogP contribution in [0.4, 0.5) is 5.69 Å². The molecule has 0 aliphatic rings. The van der Waals surface area contributed by atoms with Crippen LogP contribution in [0.3, 0.4) is 0 Å². The summed E-state index contributed by atoms with van der Waals surface area (Å²) in [7, 11) is 1.30. The molecule has 0 unspecified atom stereocenters. The third kappa shape index (κ3) is 5.27. The zero-order valence-electron chi connectivity index (χ0n) is 14.7. The first-order valence-electron chi connectivity index (χ1n) is 7.80. The molecule has 2 aromatic rings. The van der Waals surface area contributed by atoms with Gasteiger partial charge in [-0.05, 0) is 54.8 Å². The summed E-state index contributed by atoms with van der Waals surface area (Å²) in [5.74, 6) is -2.13. The van der Waals surface area contributed by atoms with Gasteiger partial charge >= 0.3 is 17.8 Å². The maximum absolute atomic E-state index is 11.9. The lowest BCUT2D eigenvalue weighted by Gasteiger charge is -2.06. The Bertz CT molecular complexity index is 837. The van der Waals surface area contributed by atoms with Crippen LogP contribution in [0, 0.1) is 13.8 Å². The van der Waals surface area contributed by atoms with Crippen LogP contribution < -0.4 is 10.7 Å². The Morgan fingerprint density at radius 3 is 2.15 bits per heavy atom. The molecule has 2 N–H and O–H groups in total. The number of carbonyl (C=O) groups is 3. The fourth-order valence-electron chi connectivity index (χ4n) is 2.27. The number of methoxy groups -OCH3 is 1. The van der Waals surface area contributed by atoms with E-state index in [9.17, 15) is 14.4 Å². The molecule has 0 heterocycles. The van der Waals surface area contributed by atoms with Gasteiger partial charge in [0.2, 0.25) is 0 Å². The van der Waals surface area contributed by atoms with E-state index in [1.54, 1.807) is 36.4 Å². The number of amides is 2. The number of nitrogens with zero attached hydrogens (tertiary/aromatic N) is 1. The van der Waals surface area contributed by atoms with Crippen LogP contribution >= 0.6 is 0 Å². The highest BCUT2D eigenvalue weighted by Crippen LogP contribution is 2.13. The fourth-order valence-corrected chi connectivity index (χ4v) is 2.27. The predicted molar refractivity (Wildman–Crippen MR) is 98.1 cm³/mol. The minimum Gasteiger partial charge on any atom is -0.465 e. The number of nitrogens with one attached hydrogen (secondary N) is 2. The lowest BCUT2D eigenvalue weighted by Crippen LogP contribution is -2.32. The minimum atomic E-state index is -0.883. The summed E-state index contributed by atoms with van der Waals surface area (Å²) >= 11 is 0. The molecular formula is C19H19N3O4. The summed E-state index contributed by atoms with van der Waals surface area (Å²) in [6, 6.07) is 11.9. The van der Waals surface area contributed by atoms with Crippen molar-refractivity contribution in [1.29, 1.82) is 0 Å². The molecule has 2 rings (SSSR count). The van der Waals surface area contributed by atoms with E-state index in [4.69, 9.17) is 0 Å². The highest BCUT2D eigenvalue weighted by Gasteiger charge is 2.13. The van der Waals surface area contributed by atoms with E-state index in [0.29, 0.717) is 16.8 Å². The summed E-state index contributed by atoms with van der Waals surface area (Å²) in [5.41, 5.74) is 5.71. The molecule has 0 radical (unpaired) electrons. The van der Waals surface area contributed by atoms with Crippen LogP contribution in [0.1, 0.15) is 27.0 Å². The normalized spacial score (nSPS) is 10.4. The highest BCUT2D eigenvalue weighted by molar-refractivity contribution is 6.39. The summed E-state index contributed by atoms with van der Waals surface area (Å²) < 4.78 is 4.60. The molecule has 0 atom stereocenters. The SMILES string of the molecule is COC(=O)c1ccc(/C=N/NC(=O)C(=O)Nc2cc(C)cc(C)c2)cc1. The van der Waals surface area contributed by atoms with Gasteiger partial charge in [-0.3, -0.25) is 9.59 Å². The molecule has 7 heteroatoms. The second kappa shape index (κ2) is 8.57. The largest absolute Gasteiger partial charge is 0.465 e. The smallest absolute Gasteiger partial charge is 0.337 e. The molecule has 0 bridgehead atoms. The Morgan fingerprint density at radius 1 is 0.962 bits per heavy atom. The van der Waals surface area contributed by atoms with Crippen molar-refractivity contribution < 1.29 is 19.1 Å². The first-order valence-corrected chi connectivity index (χ1v) is 7.80. The van der Waals surface area contributed by atoms with Crippen molar-refractivity contribution in [3.8, 4) is 0 Å². The number of ether oxygens (including phenoxy) is 1. The topological polar surface area (TPSA) is 96.9 Å². The molecule has 0 aliphatic heterocycles. The summed E-state index contributed by atoms with van der Waals surface area (Å²) in [6.07, 6.45) is 1.36. The third-order valence-electron chi connectivity index (χ3n) is 3.40. The molecule has 0 aliphatic carbocycles. The number of anilines is 1. The average molecular weight is 353 g/mol. The summed E-state index contributed by atoms with van der Waals surface area (Å²) in [6.45, 7) is 3.80. The van der Waals surface area contributed by atoms with Crippen LogP contribution in [0.5, 0.6) is 0 Å². The van der Waals surface area contributed by atoms with E-state index in [2.05, 4.69) is 20.6 Å². The van der Waals surface area contributed by atoms with Gasteiger partial charge in [-0.25, -0.2) is 10.2 Å². The Kier molecular flexibility index (Phi) is 6.21. The van der Waals surface area contributed by atoms with E-state index in [1.165, 1.54) is 13.3 Å². The van der Waals surface area contributed by atoms with Crippen molar-refractivity contribution in [2.24, 2.45) is 5.10 Å². The fraction of sp³-hybridized carbons (Fsp3) is 0.158. The second-order valence-corrected chi connectivity index (χ2v) is 5.64. The Labute approximate surface area is 151 Å². The molecule has 2 amide bonds. The number of esters is 1. The zero-order valence-corrected chi connectivity index (χ0v) is 14.7. The van der Waals surface area contributed by atoms with Gasteiger partial charge in [0.25, 0.3) is 0 Å². The molecule has 0 aromatic heterocycles. The summed E-state index contributed by atoms with van der Waals surface area (Å²) in [5, 5.41) is 6.25. The summed E-state index contributed by atoms with van der Waals surface area (Å²) in [4.78, 5) is 35.0. The van der Waals surface area contributed by atoms with Crippen LogP contribution in [0.15, 0.2) is 47.6 Å². The Morgan fingerprint density at radius 2 is 1.58 bits per heavy atom. The number of hydrogen-bond donors (Lipinski definition) is 2. The van der Waals surface area contributed by atoms with Gasteiger partial charge in [-0.15, -0.1) is 0 Å². The van der Waals surface area contributed by atoms with Crippen molar-refractivity contribution in [2.75, 3.05) is 12.4 Å². The molecule has 0 spiro atoms. The van der Waals surface area contributed by atoms with Crippen molar-refractivity contribution in [3.63, 3.8) is 0 Å². The number of aryl methyl sites for hydroxylation is 2. The average Bonchev–Trinajstić information content (AvgIpc) is 2.60. The van der Waals surface area contributed by atoms with Gasteiger partial charge in [-0.1, -0.05) is 18.2 Å². The minimum absolute atomic E-state index is 0.404. The molecule has 0 fully saturated rings. The number of benzene rings is 2. The van der Waals surface area contributed by atoms with Crippen LogP contribution in [-0.2, 0) is 14.3 Å². The molecule has 26 heavy (non-hydrogen) atoms. The molecule has 2 aromatic carbocycles. The molecule has 134 valence electrons. The van der Waals surface area contributed by atoms with Crippen LogP contribution in [-0.4, -0.2) is 31.1 Å². The number of hydrazone groups is 1. The van der Waals surface area contributed by atoms with Crippen molar-refractivity contribution in [1.82, 2.24) is 5.43 Å². The maximum atomic E-state index is 11.9. The predicted octanol–water partition coefficient (Wildman–Crippen LogP) is 2.18. The van der Waals surface area contributed by atoms with Crippen molar-refractivity contribution in [2.45, 2.75) is 13.8 Å². The molecule has 0 saturated carbocycles.